The average Bonchev–Trinajstić information content (AvgIpc) is 3.20. The van der Waals surface area contributed by atoms with Crippen LogP contribution in [0.2, 0.25) is 0 Å². The van der Waals surface area contributed by atoms with Crippen LogP contribution in [-0.2, 0) is 24.8 Å². The van der Waals surface area contributed by atoms with E-state index in [1.54, 1.807) is 0 Å². The largest absolute Gasteiger partial charge is 0.342 e. The summed E-state index contributed by atoms with van der Waals surface area (Å²) in [5.41, 5.74) is 5.88. The zero-order valence-corrected chi connectivity index (χ0v) is 25.2. The Morgan fingerprint density at radius 1 is 1.05 bits per heavy atom. The van der Waals surface area contributed by atoms with Crippen LogP contribution in [0.25, 0.3) is 0 Å². The van der Waals surface area contributed by atoms with Crippen LogP contribution >= 0.6 is 0 Å². The lowest BCUT2D eigenvalue weighted by Gasteiger charge is -2.27. The number of carbonyl (C=O) groups excluding carboxylic acids is 2. The third kappa shape index (κ3) is 9.08. The fourth-order valence-corrected chi connectivity index (χ4v) is 4.61. The van der Waals surface area contributed by atoms with Gasteiger partial charge in [-0.05, 0) is 56.5 Å². The van der Waals surface area contributed by atoms with Crippen LogP contribution in [0.1, 0.15) is 82.4 Å². The Labute approximate surface area is 242 Å². The molecule has 1 saturated heterocycles. The Hall–Kier alpha value is -3.39. The van der Waals surface area contributed by atoms with E-state index in [0.717, 1.165) is 60.0 Å². The number of benzene rings is 1. The molecule has 0 spiro atoms. The quantitative estimate of drug-likeness (QED) is 0.497. The summed E-state index contributed by atoms with van der Waals surface area (Å²) in [5, 5.41) is 11.1. The molecule has 2 N–H and O–H groups in total. The van der Waals surface area contributed by atoms with Crippen molar-refractivity contribution < 1.29 is 9.59 Å². The molecule has 0 atom stereocenters. The standard InChI is InChI=1S/C27H36N6O2.2C2H6.CH4/c1-5-19(2)14-24-18-33(17-23-16-29-31(4)26(23)30-24)27(35)22-7-6-21(20(3)15-22)8-9-25(34)32-12-10-28-11-13-32;2*1-2;/h5-7,14-16,28,30H,8-13,17-18H2,1-4H3;2*1-2H3;1H4/b19-5-,24-14+;;;. The van der Waals surface area contributed by atoms with E-state index in [1.165, 1.54) is 0 Å². The Kier molecular flexibility index (Phi) is 15.0. The second-order valence-electron chi connectivity index (χ2n) is 9.40. The van der Waals surface area contributed by atoms with E-state index in [9.17, 15) is 9.59 Å². The highest BCUT2D eigenvalue weighted by atomic mass is 16.2. The number of hydrogen-bond donors (Lipinski definition) is 2. The van der Waals surface area contributed by atoms with Crippen molar-refractivity contribution in [1.82, 2.24) is 24.9 Å². The van der Waals surface area contributed by atoms with Gasteiger partial charge in [0.25, 0.3) is 5.91 Å². The SMILES string of the molecule is C.C/C=C(C)\C=C1/CN(C(=O)c2ccc(CCC(=O)N3CCNCC3)c(C)c2)Cc2cnn(C)c2N1.CC.CC. The fourth-order valence-electron chi connectivity index (χ4n) is 4.61. The van der Waals surface area contributed by atoms with Gasteiger partial charge in [0.1, 0.15) is 5.82 Å². The predicted molar refractivity (Wildman–Crippen MR) is 167 cm³/mol. The second-order valence-corrected chi connectivity index (χ2v) is 9.40. The normalized spacial score (nSPS) is 15.8. The summed E-state index contributed by atoms with van der Waals surface area (Å²) >= 11 is 0. The highest BCUT2D eigenvalue weighted by molar-refractivity contribution is 5.95. The predicted octanol–water partition coefficient (Wildman–Crippen LogP) is 5.70. The van der Waals surface area contributed by atoms with Crippen molar-refractivity contribution in [1.29, 1.82) is 0 Å². The van der Waals surface area contributed by atoms with Crippen molar-refractivity contribution in [3.8, 4) is 0 Å². The highest BCUT2D eigenvalue weighted by Crippen LogP contribution is 2.25. The van der Waals surface area contributed by atoms with Crippen LogP contribution in [0.3, 0.4) is 0 Å². The monoisotopic (exact) mass is 552 g/mol. The zero-order chi connectivity index (χ0) is 28.9. The molecular formula is C32H52N6O2. The highest BCUT2D eigenvalue weighted by Gasteiger charge is 2.25. The summed E-state index contributed by atoms with van der Waals surface area (Å²) in [6.07, 6.45) is 7.12. The van der Waals surface area contributed by atoms with Gasteiger partial charge in [-0.15, -0.1) is 0 Å². The van der Waals surface area contributed by atoms with Crippen LogP contribution in [0.4, 0.5) is 5.82 Å². The van der Waals surface area contributed by atoms with Crippen LogP contribution in [0.15, 0.2) is 47.8 Å². The first-order valence-corrected chi connectivity index (χ1v) is 14.3. The van der Waals surface area contributed by atoms with E-state index in [4.69, 9.17) is 0 Å². The van der Waals surface area contributed by atoms with E-state index >= 15 is 0 Å². The maximum atomic E-state index is 13.6. The molecule has 1 aromatic heterocycles. The third-order valence-corrected chi connectivity index (χ3v) is 6.83. The topological polar surface area (TPSA) is 82.5 Å². The molecule has 8 nitrogen and oxygen atoms in total. The average molecular weight is 553 g/mol. The number of piperazine rings is 1. The van der Waals surface area contributed by atoms with Crippen molar-refractivity contribution in [2.24, 2.45) is 7.05 Å². The van der Waals surface area contributed by atoms with Crippen molar-refractivity contribution in [2.45, 2.75) is 75.3 Å². The van der Waals surface area contributed by atoms with E-state index in [-0.39, 0.29) is 19.2 Å². The molecule has 3 heterocycles. The number of hydrogen-bond acceptors (Lipinski definition) is 5. The minimum atomic E-state index is -0.0147. The van der Waals surface area contributed by atoms with Gasteiger partial charge in [-0.2, -0.15) is 5.10 Å². The Balaban J connectivity index is 0.00000153. The summed E-state index contributed by atoms with van der Waals surface area (Å²) in [4.78, 5) is 29.9. The number of fused-ring (bicyclic) bond motifs is 1. The third-order valence-electron chi connectivity index (χ3n) is 6.83. The number of rotatable bonds is 5. The smallest absolute Gasteiger partial charge is 0.254 e. The molecule has 0 aliphatic carbocycles. The summed E-state index contributed by atoms with van der Waals surface area (Å²) in [6, 6.07) is 5.85. The van der Waals surface area contributed by atoms with Crippen molar-refractivity contribution in [2.75, 3.05) is 38.0 Å². The van der Waals surface area contributed by atoms with E-state index in [1.807, 2.05) is 100 Å². The van der Waals surface area contributed by atoms with E-state index in [2.05, 4.69) is 21.8 Å². The van der Waals surface area contributed by atoms with Crippen LogP contribution in [0.5, 0.6) is 0 Å². The number of nitrogens with one attached hydrogen (secondary N) is 2. The molecule has 2 aliphatic rings. The number of aromatic nitrogens is 2. The maximum absolute atomic E-state index is 13.6. The van der Waals surface area contributed by atoms with Gasteiger partial charge in [0.05, 0.1) is 19.3 Å². The minimum Gasteiger partial charge on any atom is -0.342 e. The van der Waals surface area contributed by atoms with Gasteiger partial charge in [-0.25, -0.2) is 0 Å². The van der Waals surface area contributed by atoms with Gasteiger partial charge in [-0.3, -0.25) is 14.3 Å². The molecule has 8 heteroatoms. The molecule has 2 aliphatic heterocycles. The van der Waals surface area contributed by atoms with Crippen LogP contribution < -0.4 is 10.6 Å². The van der Waals surface area contributed by atoms with Gasteiger partial charge < -0.3 is 20.4 Å². The number of carbonyl (C=O) groups is 2. The molecule has 1 fully saturated rings. The molecule has 0 saturated carbocycles. The summed E-state index contributed by atoms with van der Waals surface area (Å²) in [5.74, 6) is 1.10. The Bertz CT molecular complexity index is 1160. The molecule has 2 aromatic rings. The lowest BCUT2D eigenvalue weighted by atomic mass is 10.00. The fraction of sp³-hybridized carbons (Fsp3) is 0.531. The lowest BCUT2D eigenvalue weighted by Crippen LogP contribution is -2.46. The molecular weight excluding hydrogens is 500 g/mol. The minimum absolute atomic E-state index is 0. The zero-order valence-electron chi connectivity index (χ0n) is 25.2. The van der Waals surface area contributed by atoms with Crippen molar-refractivity contribution in [3.05, 3.63) is 70.1 Å². The molecule has 1 aromatic carbocycles. The summed E-state index contributed by atoms with van der Waals surface area (Å²) < 4.78 is 1.81. The van der Waals surface area contributed by atoms with Gasteiger partial charge in [0.15, 0.2) is 0 Å². The summed E-state index contributed by atoms with van der Waals surface area (Å²) in [6.45, 7) is 18.3. The molecule has 0 radical (unpaired) electrons. The first kappa shape index (κ1) is 34.6. The number of amides is 2. The number of allylic oxidation sites excluding steroid dienone is 3. The van der Waals surface area contributed by atoms with E-state index < -0.39 is 0 Å². The molecule has 0 unspecified atom stereocenters. The first-order valence-electron chi connectivity index (χ1n) is 14.3. The van der Waals surface area contributed by atoms with Gasteiger partial charge in [0, 0.05) is 56.5 Å². The Morgan fingerprint density at radius 2 is 1.73 bits per heavy atom. The number of anilines is 1. The second kappa shape index (κ2) is 17.3. The molecule has 2 amide bonds. The maximum Gasteiger partial charge on any atom is 0.254 e. The van der Waals surface area contributed by atoms with Gasteiger partial charge >= 0.3 is 0 Å². The van der Waals surface area contributed by atoms with E-state index in [0.29, 0.717) is 31.5 Å². The Morgan fingerprint density at radius 3 is 2.35 bits per heavy atom. The van der Waals surface area contributed by atoms with Gasteiger partial charge in [0.2, 0.25) is 5.91 Å². The summed E-state index contributed by atoms with van der Waals surface area (Å²) in [7, 11) is 1.90. The van der Waals surface area contributed by atoms with Crippen LogP contribution in [0, 0.1) is 6.92 Å². The number of nitrogens with zero attached hydrogens (tertiary/aromatic N) is 4. The molecule has 4 rings (SSSR count). The van der Waals surface area contributed by atoms with Crippen molar-refractivity contribution >= 4 is 17.6 Å². The lowest BCUT2D eigenvalue weighted by molar-refractivity contribution is -0.131. The first-order chi connectivity index (χ1) is 18.9. The molecule has 40 heavy (non-hydrogen) atoms. The molecule has 0 bridgehead atoms. The van der Waals surface area contributed by atoms with Crippen molar-refractivity contribution in [3.63, 3.8) is 0 Å². The van der Waals surface area contributed by atoms with Gasteiger partial charge in [-0.1, -0.05) is 52.8 Å². The number of aryl methyl sites for hydroxylation is 3. The van der Waals surface area contributed by atoms with Crippen LogP contribution in [-0.4, -0.2) is 64.1 Å². The molecule has 222 valence electrons.